The predicted molar refractivity (Wildman–Crippen MR) is 456 cm³/mol. The standard InChI is InChI=1S/C86H153N11O29/c1-55(101)93-74-63(45-59(50-98)77(113)80(74)116)120-40-18-15-26-66(105)88-35-23-38-91-70(109)32-43-119-53-60-48-96(72(111)30-13-11-9-7-8-10-12-14-31-73(112)97-49-62(104)46-61(97)54-124-86(4,5)6)47-58(25-21-29-69(108)90-37-22-34-87-67(106)27-16-19-41-122-84-75(94-56(2)102)81(117)78(114)64(51-99)125-84)83(60)121-44-33-71(110)92-39-24-36-89-68(107)28-17-20-42-123-85-76(95-57(3)103)82(118)79(115)65(52-100)126-85/h58-65,74-85,98-100,104,113-118H,7-54H2,1-6H3,(H,87,106)(H,88,105)(H,89,107)(H,90,108)(H,91,109)(H,92,110)(H,93,101)(H,94,102)(H,95,103)/t58-,59-,60-,61+,62-,63-,64-,65-,74+,75-,76-,77+,78+,79+,80-,81-,82-,83+,84-,85-/m1/s1. The number of hydrogen-bond donors (Lipinski definition) is 19. The van der Waals surface area contributed by atoms with E-state index in [1.807, 2.05) is 25.7 Å². The molecule has 726 valence electrons. The quantitative estimate of drug-likeness (QED) is 0.0293. The second-order valence-electron chi connectivity index (χ2n) is 34.9. The van der Waals surface area contributed by atoms with Crippen molar-refractivity contribution in [2.24, 2.45) is 17.8 Å². The second kappa shape index (κ2) is 61.2. The van der Waals surface area contributed by atoms with Gasteiger partial charge in [0.1, 0.15) is 54.8 Å². The van der Waals surface area contributed by atoms with Crippen LogP contribution in [-0.2, 0) is 90.6 Å². The van der Waals surface area contributed by atoms with Crippen molar-refractivity contribution in [3.8, 4) is 0 Å². The number of ether oxygens (including phenoxy) is 8. The van der Waals surface area contributed by atoms with Crippen molar-refractivity contribution < 1.29 is 142 Å². The summed E-state index contributed by atoms with van der Waals surface area (Å²) in [5, 5.41) is 127. The molecule has 126 heavy (non-hydrogen) atoms. The van der Waals surface area contributed by atoms with Gasteiger partial charge >= 0.3 is 0 Å². The Labute approximate surface area is 741 Å². The number of aliphatic hydroxyl groups excluding tert-OH is 10. The fraction of sp³-hybridized carbons (Fsp3) is 0.872. The first kappa shape index (κ1) is 110. The first-order valence-corrected chi connectivity index (χ1v) is 45.8. The minimum Gasteiger partial charge on any atom is -0.396 e. The van der Waals surface area contributed by atoms with E-state index in [0.29, 0.717) is 116 Å². The summed E-state index contributed by atoms with van der Waals surface area (Å²) in [6, 6.07) is -3.20. The van der Waals surface area contributed by atoms with Crippen LogP contribution in [0.1, 0.15) is 228 Å². The number of nitrogens with zero attached hydrogens (tertiary/aromatic N) is 2. The van der Waals surface area contributed by atoms with Gasteiger partial charge in [-0.2, -0.15) is 0 Å². The van der Waals surface area contributed by atoms with E-state index in [4.69, 9.17) is 37.9 Å². The maximum atomic E-state index is 14.4. The molecule has 4 saturated heterocycles. The molecule has 20 atom stereocenters. The highest BCUT2D eigenvalue weighted by atomic mass is 16.7. The summed E-state index contributed by atoms with van der Waals surface area (Å²) in [5.74, 6) is -4.29. The Morgan fingerprint density at radius 3 is 1.21 bits per heavy atom. The molecule has 1 aliphatic carbocycles. The molecule has 40 heteroatoms. The Balaban J connectivity index is 1.13. The number of nitrogens with one attached hydrogen (secondary N) is 9. The largest absolute Gasteiger partial charge is 0.396 e. The first-order valence-electron chi connectivity index (χ1n) is 45.8. The zero-order valence-electron chi connectivity index (χ0n) is 75.1. The van der Waals surface area contributed by atoms with E-state index >= 15 is 0 Å². The van der Waals surface area contributed by atoms with E-state index in [0.717, 1.165) is 44.9 Å². The van der Waals surface area contributed by atoms with Crippen LogP contribution in [0.4, 0.5) is 0 Å². The number of carbonyl (C=O) groups is 11. The lowest BCUT2D eigenvalue weighted by molar-refractivity contribution is -0.270. The second-order valence-corrected chi connectivity index (χ2v) is 34.9. The average molecular weight is 1810 g/mol. The van der Waals surface area contributed by atoms with Crippen molar-refractivity contribution in [3.05, 3.63) is 0 Å². The molecule has 0 aromatic carbocycles. The summed E-state index contributed by atoms with van der Waals surface area (Å²) >= 11 is 0. The molecular weight excluding hydrogens is 1650 g/mol. The molecule has 0 radical (unpaired) electrons. The number of aliphatic hydroxyl groups is 10. The Morgan fingerprint density at radius 2 is 0.770 bits per heavy atom. The Bertz CT molecular complexity index is 3210. The lowest BCUT2D eigenvalue weighted by Crippen LogP contribution is -2.64. The Kier molecular flexibility index (Phi) is 53.4. The van der Waals surface area contributed by atoms with Crippen LogP contribution in [0.25, 0.3) is 0 Å². The highest BCUT2D eigenvalue weighted by Gasteiger charge is 2.48. The van der Waals surface area contributed by atoms with Gasteiger partial charge in [0.25, 0.3) is 0 Å². The number of piperidine rings is 1. The fourth-order valence-corrected chi connectivity index (χ4v) is 16.2. The van der Waals surface area contributed by atoms with E-state index in [1.54, 1.807) is 4.90 Å². The van der Waals surface area contributed by atoms with Gasteiger partial charge < -0.3 is 147 Å². The van der Waals surface area contributed by atoms with Crippen LogP contribution in [0.5, 0.6) is 0 Å². The normalized spacial score (nSPS) is 26.8. The minimum absolute atomic E-state index is 0.00855. The molecule has 0 bridgehead atoms. The molecule has 4 heterocycles. The molecule has 0 spiro atoms. The molecule has 4 aliphatic heterocycles. The van der Waals surface area contributed by atoms with Crippen LogP contribution in [0.3, 0.4) is 0 Å². The summed E-state index contributed by atoms with van der Waals surface area (Å²) in [5.41, 5.74) is -0.357. The van der Waals surface area contributed by atoms with Gasteiger partial charge in [0.2, 0.25) is 65.0 Å². The maximum absolute atomic E-state index is 14.4. The smallest absolute Gasteiger partial charge is 0.222 e. The first-order chi connectivity index (χ1) is 60.2. The highest BCUT2D eigenvalue weighted by Crippen LogP contribution is 2.33. The zero-order valence-corrected chi connectivity index (χ0v) is 75.1. The van der Waals surface area contributed by atoms with Gasteiger partial charge in [-0.25, -0.2) is 0 Å². The van der Waals surface area contributed by atoms with E-state index in [1.165, 1.54) is 20.8 Å². The van der Waals surface area contributed by atoms with Crippen LogP contribution >= 0.6 is 0 Å². The SMILES string of the molecule is CC(=O)N[C@@H]1[C@@H](O)[C@@H](O)[C@@H](CO)C[C@H]1OCCCCC(=O)NCCCNC(=O)CCOC[C@H]1CN(C(=O)CCCCCCCCCCC(=O)N2C[C@H](O)C[C@H]2COC(C)(C)C)C[C@@H](CCCC(=O)NCCCNC(=O)CCCCO[C@@H]2O[C@H](CO)[C@H](O)[C@H](O)[C@H]2NC(C)=O)[C@@H]1OCCC(=O)NCCCNC(=O)CCCCO[C@@H]1O[C@H](CO)[C@H](O)[C@H](O)[C@H]1NC(C)=O. The van der Waals surface area contributed by atoms with E-state index in [2.05, 4.69) is 47.9 Å². The van der Waals surface area contributed by atoms with E-state index < -0.39 is 141 Å². The number of rotatable bonds is 62. The van der Waals surface area contributed by atoms with Gasteiger partial charge in [0.05, 0.1) is 81.7 Å². The summed E-state index contributed by atoms with van der Waals surface area (Å²) < 4.78 is 47.5. The maximum Gasteiger partial charge on any atom is 0.222 e. The van der Waals surface area contributed by atoms with Crippen molar-refractivity contribution in [2.45, 2.75) is 337 Å². The summed E-state index contributed by atoms with van der Waals surface area (Å²) in [7, 11) is 0. The molecule has 0 aromatic rings. The molecule has 0 aromatic heterocycles. The summed E-state index contributed by atoms with van der Waals surface area (Å²) in [4.78, 5) is 145. The van der Waals surface area contributed by atoms with Crippen molar-refractivity contribution in [1.29, 1.82) is 0 Å². The molecule has 1 saturated carbocycles. The van der Waals surface area contributed by atoms with Crippen LogP contribution in [-0.4, -0.2) is 360 Å². The molecule has 19 N–H and O–H groups in total. The topological polar surface area (TPSA) is 579 Å². The van der Waals surface area contributed by atoms with Gasteiger partial charge in [0.15, 0.2) is 12.6 Å². The molecule has 5 fully saturated rings. The zero-order chi connectivity index (χ0) is 92.5. The third-order valence-electron chi connectivity index (χ3n) is 23.1. The molecule has 11 amide bonds. The molecular formula is C86H153N11O29. The average Bonchev–Trinajstić information content (AvgIpc) is 1.27. The van der Waals surface area contributed by atoms with Gasteiger partial charge in [0, 0.05) is 175 Å². The lowest BCUT2D eigenvalue weighted by atomic mass is 9.79. The van der Waals surface area contributed by atoms with E-state index in [-0.39, 0.29) is 202 Å². The van der Waals surface area contributed by atoms with Gasteiger partial charge in [-0.05, 0) is 117 Å². The molecule has 0 unspecified atom stereocenters. The lowest BCUT2D eigenvalue weighted by Gasteiger charge is -2.44. The van der Waals surface area contributed by atoms with Crippen LogP contribution in [0.15, 0.2) is 0 Å². The Morgan fingerprint density at radius 1 is 0.373 bits per heavy atom. The van der Waals surface area contributed by atoms with Crippen LogP contribution < -0.4 is 47.9 Å². The van der Waals surface area contributed by atoms with Gasteiger partial charge in [-0.1, -0.05) is 38.5 Å². The van der Waals surface area contributed by atoms with E-state index in [9.17, 15) is 104 Å². The van der Waals surface area contributed by atoms with Crippen molar-refractivity contribution >= 4 is 65.0 Å². The Hall–Kier alpha value is -6.55. The van der Waals surface area contributed by atoms with Crippen LogP contribution in [0.2, 0.25) is 0 Å². The van der Waals surface area contributed by atoms with Crippen molar-refractivity contribution in [3.63, 3.8) is 0 Å². The number of hydrogen-bond acceptors (Lipinski definition) is 29. The molecule has 5 aliphatic rings. The predicted octanol–water partition coefficient (Wildman–Crippen LogP) is -1.99. The molecule has 5 rings (SSSR count). The number of likely N-dealkylation sites (tertiary alicyclic amines) is 2. The van der Waals surface area contributed by atoms with Crippen LogP contribution in [0, 0.1) is 17.8 Å². The third kappa shape index (κ3) is 42.6. The summed E-state index contributed by atoms with van der Waals surface area (Å²) in [6.45, 7) is 11.4. The van der Waals surface area contributed by atoms with Gasteiger partial charge in [-0.3, -0.25) is 52.7 Å². The minimum atomic E-state index is -1.46. The number of carbonyl (C=O) groups excluding carboxylic acids is 11. The number of β-amino-alcohol motifs (C(OH)–C–C–N with tert-alkyl or cyclic N) is 1. The number of unbranched alkanes of at least 4 members (excludes halogenated alkanes) is 10. The third-order valence-corrected chi connectivity index (χ3v) is 23.1. The summed E-state index contributed by atoms with van der Waals surface area (Å²) in [6.07, 6.45) is -1.10. The number of amides is 11. The highest BCUT2D eigenvalue weighted by molar-refractivity contribution is 5.79. The van der Waals surface area contributed by atoms with Crippen molar-refractivity contribution in [1.82, 2.24) is 57.7 Å². The van der Waals surface area contributed by atoms with Crippen molar-refractivity contribution in [2.75, 3.05) is 125 Å². The fourth-order valence-electron chi connectivity index (χ4n) is 16.2. The monoisotopic (exact) mass is 1800 g/mol. The molecule has 40 nitrogen and oxygen atoms in total. The van der Waals surface area contributed by atoms with Gasteiger partial charge in [-0.15, -0.1) is 0 Å².